The largest absolute Gasteiger partial charge is 0.493 e. The van der Waals surface area contributed by atoms with Gasteiger partial charge < -0.3 is 19.5 Å². The molecule has 0 aliphatic carbocycles. The van der Waals surface area contributed by atoms with E-state index in [0.717, 1.165) is 11.3 Å². The van der Waals surface area contributed by atoms with Crippen molar-refractivity contribution in [3.05, 3.63) is 70.4 Å². The maximum atomic E-state index is 13.0. The zero-order valence-electron chi connectivity index (χ0n) is 19.9. The molecule has 0 saturated carbocycles. The number of hydrogen-bond donors (Lipinski definition) is 1. The van der Waals surface area contributed by atoms with Crippen molar-refractivity contribution in [1.82, 2.24) is 14.8 Å². The second kappa shape index (κ2) is 10.2. The molecule has 0 fully saturated rings. The number of nitrogens with zero attached hydrogens (tertiary/aromatic N) is 3. The van der Waals surface area contributed by atoms with Gasteiger partial charge in [0.25, 0.3) is 0 Å². The number of methoxy groups -OCH3 is 2. The van der Waals surface area contributed by atoms with Crippen LogP contribution in [-0.4, -0.2) is 41.6 Å². The number of aryl methyl sites for hydroxylation is 1. The first kappa shape index (κ1) is 23.7. The maximum absolute atomic E-state index is 13.0. The lowest BCUT2D eigenvalue weighted by Crippen LogP contribution is -2.29. The Morgan fingerprint density at radius 2 is 1.91 bits per heavy atom. The van der Waals surface area contributed by atoms with Crippen LogP contribution in [0.25, 0.3) is 0 Å². The van der Waals surface area contributed by atoms with E-state index in [-0.39, 0.29) is 6.61 Å². The predicted molar refractivity (Wildman–Crippen MR) is 131 cm³/mol. The number of fused-ring (bicyclic) bond motifs is 1. The fourth-order valence-corrected chi connectivity index (χ4v) is 4.72. The Labute approximate surface area is 203 Å². The molecule has 2 aromatic carbocycles. The number of hydrogen-bond acceptors (Lipinski definition) is 8. The Balaban J connectivity index is 1.73. The van der Waals surface area contributed by atoms with Gasteiger partial charge in [0.15, 0.2) is 11.5 Å². The Bertz CT molecular complexity index is 1240. The van der Waals surface area contributed by atoms with Gasteiger partial charge in [-0.2, -0.15) is 4.98 Å². The molecule has 2 heterocycles. The lowest BCUT2D eigenvalue weighted by Gasteiger charge is -2.28. The van der Waals surface area contributed by atoms with Crippen molar-refractivity contribution in [2.45, 2.75) is 37.7 Å². The van der Waals surface area contributed by atoms with Gasteiger partial charge in [0.2, 0.25) is 11.1 Å². The number of esters is 1. The van der Waals surface area contributed by atoms with Gasteiger partial charge in [-0.15, -0.1) is 5.10 Å². The first-order valence-electron chi connectivity index (χ1n) is 11.0. The predicted octanol–water partition coefficient (Wildman–Crippen LogP) is 4.75. The first-order chi connectivity index (χ1) is 16.4. The lowest BCUT2D eigenvalue weighted by atomic mass is 9.95. The van der Waals surface area contributed by atoms with Crippen molar-refractivity contribution < 1.29 is 19.0 Å². The van der Waals surface area contributed by atoms with E-state index in [0.29, 0.717) is 33.9 Å². The zero-order chi connectivity index (χ0) is 24.2. The van der Waals surface area contributed by atoms with Crippen LogP contribution in [0.15, 0.2) is 58.9 Å². The molecule has 0 bridgehead atoms. The molecule has 1 atom stereocenters. The van der Waals surface area contributed by atoms with Crippen LogP contribution in [0.1, 0.15) is 36.6 Å². The molecule has 0 saturated heterocycles. The number of benzene rings is 2. The minimum atomic E-state index is -0.532. The van der Waals surface area contributed by atoms with Crippen LogP contribution < -0.4 is 14.8 Å². The number of allylic oxidation sites excluding steroid dienone is 1. The molecule has 0 spiro atoms. The van der Waals surface area contributed by atoms with E-state index >= 15 is 0 Å². The second-order valence-electron chi connectivity index (χ2n) is 7.84. The number of rotatable bonds is 8. The van der Waals surface area contributed by atoms with Crippen molar-refractivity contribution in [2.24, 2.45) is 0 Å². The quantitative estimate of drug-likeness (QED) is 0.365. The van der Waals surface area contributed by atoms with E-state index in [9.17, 15) is 4.79 Å². The van der Waals surface area contributed by atoms with Crippen LogP contribution in [0, 0.1) is 6.92 Å². The third-order valence-electron chi connectivity index (χ3n) is 5.50. The highest BCUT2D eigenvalue weighted by Crippen LogP contribution is 2.40. The highest BCUT2D eigenvalue weighted by molar-refractivity contribution is 7.98. The summed E-state index contributed by atoms with van der Waals surface area (Å²) in [6.07, 6.45) is 0. The Kier molecular flexibility index (Phi) is 7.12. The summed E-state index contributed by atoms with van der Waals surface area (Å²) in [4.78, 5) is 17.7. The molecule has 4 rings (SSSR count). The second-order valence-corrected chi connectivity index (χ2v) is 8.78. The van der Waals surface area contributed by atoms with Crippen LogP contribution >= 0.6 is 11.8 Å². The van der Waals surface area contributed by atoms with Crippen molar-refractivity contribution in [2.75, 3.05) is 26.1 Å². The number of anilines is 1. The molecule has 0 unspecified atom stereocenters. The minimum absolute atomic E-state index is 0.274. The van der Waals surface area contributed by atoms with Crippen LogP contribution in [-0.2, 0) is 15.3 Å². The number of carbonyl (C=O) groups is 1. The van der Waals surface area contributed by atoms with Crippen molar-refractivity contribution in [3.63, 3.8) is 0 Å². The molecule has 8 nitrogen and oxygen atoms in total. The third kappa shape index (κ3) is 4.75. The van der Waals surface area contributed by atoms with Crippen LogP contribution in [0.5, 0.6) is 11.5 Å². The molecule has 3 aromatic rings. The SMILES string of the molecule is CCOC(=O)C1=C(C)Nc2nc(SCc3cccc(C)c3)nn2[C@H]1c1ccc(OC)c(OC)c1. The van der Waals surface area contributed by atoms with E-state index in [4.69, 9.17) is 24.3 Å². The Morgan fingerprint density at radius 1 is 1.12 bits per heavy atom. The van der Waals surface area contributed by atoms with Crippen LogP contribution in [0.2, 0.25) is 0 Å². The molecule has 34 heavy (non-hydrogen) atoms. The number of aromatic nitrogens is 3. The summed E-state index contributed by atoms with van der Waals surface area (Å²) in [5.74, 6) is 2.07. The Morgan fingerprint density at radius 3 is 2.62 bits per heavy atom. The Hall–Kier alpha value is -3.46. The molecule has 1 N–H and O–H groups in total. The molecule has 1 aromatic heterocycles. The fraction of sp³-hybridized carbons (Fsp3) is 0.320. The number of ether oxygens (including phenoxy) is 3. The molecular weight excluding hydrogens is 452 g/mol. The summed E-state index contributed by atoms with van der Waals surface area (Å²) < 4.78 is 18.0. The van der Waals surface area contributed by atoms with E-state index < -0.39 is 12.0 Å². The van der Waals surface area contributed by atoms with Gasteiger partial charge in [0.1, 0.15) is 6.04 Å². The average molecular weight is 481 g/mol. The van der Waals surface area contributed by atoms with Gasteiger partial charge >= 0.3 is 5.97 Å². The van der Waals surface area contributed by atoms with Crippen LogP contribution in [0.4, 0.5) is 5.95 Å². The summed E-state index contributed by atoms with van der Waals surface area (Å²) >= 11 is 1.55. The van der Waals surface area contributed by atoms with Gasteiger partial charge in [-0.1, -0.05) is 47.7 Å². The standard InChI is InChI=1S/C25H28N4O4S/c1-6-33-23(30)21-16(3)26-24-27-25(34-14-17-9-7-8-15(2)12-17)28-29(24)22(21)18-10-11-19(31-4)20(13-18)32-5/h7-13,22H,6,14H2,1-5H3,(H,26,27,28)/t22-/m0/s1. The molecule has 0 radical (unpaired) electrons. The number of nitrogens with one attached hydrogen (secondary N) is 1. The molecule has 0 amide bonds. The van der Waals surface area contributed by atoms with Gasteiger partial charge in [-0.3, -0.25) is 0 Å². The van der Waals surface area contributed by atoms with Gasteiger partial charge in [0, 0.05) is 11.4 Å². The normalized spacial score (nSPS) is 14.9. The molecule has 1 aliphatic rings. The highest BCUT2D eigenvalue weighted by atomic mass is 32.2. The molecule has 9 heteroatoms. The molecule has 178 valence electrons. The first-order valence-corrected chi connectivity index (χ1v) is 12.0. The summed E-state index contributed by atoms with van der Waals surface area (Å²) in [5, 5.41) is 8.61. The molecular formula is C25H28N4O4S. The third-order valence-corrected chi connectivity index (χ3v) is 6.41. The van der Waals surface area contributed by atoms with Crippen molar-refractivity contribution in [1.29, 1.82) is 0 Å². The van der Waals surface area contributed by atoms with Crippen molar-refractivity contribution >= 4 is 23.7 Å². The van der Waals surface area contributed by atoms with E-state index in [2.05, 4.69) is 30.4 Å². The lowest BCUT2D eigenvalue weighted by molar-refractivity contribution is -0.139. The maximum Gasteiger partial charge on any atom is 0.338 e. The van der Waals surface area contributed by atoms with E-state index in [1.165, 1.54) is 11.1 Å². The summed E-state index contributed by atoms with van der Waals surface area (Å²) in [5.41, 5.74) is 4.37. The summed E-state index contributed by atoms with van der Waals surface area (Å²) in [6.45, 7) is 5.98. The average Bonchev–Trinajstić information content (AvgIpc) is 3.24. The minimum Gasteiger partial charge on any atom is -0.493 e. The molecule has 1 aliphatic heterocycles. The summed E-state index contributed by atoms with van der Waals surface area (Å²) in [7, 11) is 3.17. The number of thioether (sulfide) groups is 1. The van der Waals surface area contributed by atoms with Crippen LogP contribution in [0.3, 0.4) is 0 Å². The van der Waals surface area contributed by atoms with Gasteiger partial charge in [-0.25, -0.2) is 9.48 Å². The summed E-state index contributed by atoms with van der Waals surface area (Å²) in [6, 6.07) is 13.4. The highest BCUT2D eigenvalue weighted by Gasteiger charge is 2.35. The number of carbonyl (C=O) groups excluding carboxylic acids is 1. The topological polar surface area (TPSA) is 87.5 Å². The zero-order valence-corrected chi connectivity index (χ0v) is 20.7. The van der Waals surface area contributed by atoms with Crippen molar-refractivity contribution in [3.8, 4) is 11.5 Å². The monoisotopic (exact) mass is 480 g/mol. The van der Waals surface area contributed by atoms with Gasteiger partial charge in [0.05, 0.1) is 26.4 Å². The smallest absolute Gasteiger partial charge is 0.338 e. The van der Waals surface area contributed by atoms with Gasteiger partial charge in [-0.05, 0) is 44.0 Å². The van der Waals surface area contributed by atoms with E-state index in [1.807, 2.05) is 31.2 Å². The van der Waals surface area contributed by atoms with E-state index in [1.54, 1.807) is 37.6 Å². The fourth-order valence-electron chi connectivity index (χ4n) is 3.95.